The number of aromatic amines is 1. The highest BCUT2D eigenvalue weighted by molar-refractivity contribution is 7.99. The molecule has 0 aliphatic heterocycles. The Morgan fingerprint density at radius 3 is 2.81 bits per heavy atom. The lowest BCUT2D eigenvalue weighted by atomic mass is 10.4. The summed E-state index contributed by atoms with van der Waals surface area (Å²) in [7, 11) is 1.56. The number of hydrogen-bond acceptors (Lipinski definition) is 5. The number of hydrogen-bond donors (Lipinski definition) is 2. The SMILES string of the molecule is CCCn1c(SC[C@H](O)CCl)nc2c1c(=O)[nH]c(=O)n2C. The van der Waals surface area contributed by atoms with Crippen LogP contribution in [0.4, 0.5) is 0 Å². The second-order valence-corrected chi connectivity index (χ2v) is 5.95. The normalized spacial score (nSPS) is 13.0. The van der Waals surface area contributed by atoms with Crippen LogP contribution in [-0.2, 0) is 13.6 Å². The Morgan fingerprint density at radius 1 is 1.48 bits per heavy atom. The number of aliphatic hydroxyl groups excluding tert-OH is 1. The number of thioether (sulfide) groups is 1. The number of nitrogens with one attached hydrogen (secondary N) is 1. The van der Waals surface area contributed by atoms with Gasteiger partial charge in [-0.25, -0.2) is 9.78 Å². The lowest BCUT2D eigenvalue weighted by Gasteiger charge is -2.08. The molecule has 2 aromatic rings. The number of aryl methyl sites for hydroxylation is 2. The third kappa shape index (κ3) is 3.17. The summed E-state index contributed by atoms with van der Waals surface area (Å²) in [5.41, 5.74) is -0.216. The molecule has 0 aliphatic rings. The van der Waals surface area contributed by atoms with E-state index in [2.05, 4.69) is 9.97 Å². The van der Waals surface area contributed by atoms with Gasteiger partial charge in [0.25, 0.3) is 5.56 Å². The molecule has 9 heteroatoms. The minimum absolute atomic E-state index is 0.139. The third-order valence-electron chi connectivity index (χ3n) is 3.00. The zero-order valence-corrected chi connectivity index (χ0v) is 13.4. The summed E-state index contributed by atoms with van der Waals surface area (Å²) >= 11 is 6.90. The zero-order valence-electron chi connectivity index (χ0n) is 11.8. The van der Waals surface area contributed by atoms with Crippen molar-refractivity contribution < 1.29 is 5.11 Å². The summed E-state index contributed by atoms with van der Waals surface area (Å²) in [6.07, 6.45) is 0.174. The maximum atomic E-state index is 12.0. The van der Waals surface area contributed by atoms with Gasteiger partial charge in [0.1, 0.15) is 0 Å². The number of imidazole rings is 1. The summed E-state index contributed by atoms with van der Waals surface area (Å²) in [5.74, 6) is 0.516. The molecule has 0 aromatic carbocycles. The molecule has 0 bridgehead atoms. The average Bonchev–Trinajstić information content (AvgIpc) is 2.82. The van der Waals surface area contributed by atoms with Crippen LogP contribution in [0.3, 0.4) is 0 Å². The molecule has 0 unspecified atom stereocenters. The number of fused-ring (bicyclic) bond motifs is 1. The Bertz CT molecular complexity index is 751. The van der Waals surface area contributed by atoms with E-state index in [1.54, 1.807) is 11.6 Å². The van der Waals surface area contributed by atoms with E-state index in [4.69, 9.17) is 11.6 Å². The van der Waals surface area contributed by atoms with Gasteiger partial charge in [0, 0.05) is 25.2 Å². The fraction of sp³-hybridized carbons (Fsp3) is 0.583. The van der Waals surface area contributed by atoms with Gasteiger partial charge in [-0.05, 0) is 6.42 Å². The molecule has 2 aromatic heterocycles. The number of aromatic nitrogens is 4. The second-order valence-electron chi connectivity index (χ2n) is 4.66. The van der Waals surface area contributed by atoms with Gasteiger partial charge in [0.15, 0.2) is 16.3 Å². The molecule has 0 saturated carbocycles. The van der Waals surface area contributed by atoms with Crippen LogP contribution >= 0.6 is 23.4 Å². The van der Waals surface area contributed by atoms with Crippen LogP contribution in [0, 0.1) is 0 Å². The summed E-state index contributed by atoms with van der Waals surface area (Å²) in [6, 6.07) is 0. The van der Waals surface area contributed by atoms with Crippen LogP contribution in [0.15, 0.2) is 14.7 Å². The average molecular weight is 333 g/mol. The Balaban J connectivity index is 2.57. The van der Waals surface area contributed by atoms with Crippen LogP contribution in [0.2, 0.25) is 0 Å². The van der Waals surface area contributed by atoms with E-state index in [-0.39, 0.29) is 5.88 Å². The molecule has 2 heterocycles. The predicted molar refractivity (Wildman–Crippen MR) is 83.3 cm³/mol. The van der Waals surface area contributed by atoms with E-state index < -0.39 is 17.4 Å². The van der Waals surface area contributed by atoms with Crippen molar-refractivity contribution in [1.29, 1.82) is 0 Å². The second kappa shape index (κ2) is 6.67. The van der Waals surface area contributed by atoms with Crippen LogP contribution < -0.4 is 11.2 Å². The van der Waals surface area contributed by atoms with E-state index >= 15 is 0 Å². The van der Waals surface area contributed by atoms with Gasteiger partial charge in [0.05, 0.1) is 6.10 Å². The van der Waals surface area contributed by atoms with Gasteiger partial charge in [-0.15, -0.1) is 11.6 Å². The topological polar surface area (TPSA) is 92.9 Å². The zero-order chi connectivity index (χ0) is 15.6. The van der Waals surface area contributed by atoms with E-state index in [0.29, 0.717) is 28.6 Å². The standard InChI is InChI=1S/C12H17ClN4O3S/c1-3-4-17-8-9(16(2)11(20)15-10(8)19)14-12(17)21-6-7(18)5-13/h7,18H,3-6H2,1-2H3,(H,15,19,20)/t7-/m1/s1. The molecule has 0 saturated heterocycles. The summed E-state index contributed by atoms with van der Waals surface area (Å²) in [6.45, 7) is 2.60. The van der Waals surface area contributed by atoms with E-state index in [0.717, 1.165) is 6.42 Å². The van der Waals surface area contributed by atoms with Crippen molar-refractivity contribution in [3.05, 3.63) is 20.8 Å². The molecule has 7 nitrogen and oxygen atoms in total. The van der Waals surface area contributed by atoms with Crippen molar-refractivity contribution in [2.24, 2.45) is 7.05 Å². The molecule has 0 aliphatic carbocycles. The molecule has 116 valence electrons. The first-order valence-electron chi connectivity index (χ1n) is 6.56. The first-order chi connectivity index (χ1) is 9.99. The maximum Gasteiger partial charge on any atom is 0.329 e. The smallest absolute Gasteiger partial charge is 0.329 e. The van der Waals surface area contributed by atoms with Gasteiger partial charge in [-0.1, -0.05) is 18.7 Å². The molecule has 0 radical (unpaired) electrons. The first kappa shape index (κ1) is 16.1. The minimum atomic E-state index is -0.645. The molecule has 1 atom stereocenters. The minimum Gasteiger partial charge on any atom is -0.391 e. The number of halogens is 1. The highest BCUT2D eigenvalue weighted by Gasteiger charge is 2.17. The number of rotatable bonds is 6. The molecule has 2 N–H and O–H groups in total. The lowest BCUT2D eigenvalue weighted by molar-refractivity contribution is 0.223. The first-order valence-corrected chi connectivity index (χ1v) is 8.08. The number of alkyl halides is 1. The molecule has 21 heavy (non-hydrogen) atoms. The van der Waals surface area contributed by atoms with Crippen molar-refractivity contribution in [2.75, 3.05) is 11.6 Å². The third-order valence-corrected chi connectivity index (χ3v) is 4.48. The van der Waals surface area contributed by atoms with Crippen molar-refractivity contribution in [3.8, 4) is 0 Å². The number of aliphatic hydroxyl groups is 1. The molecular weight excluding hydrogens is 316 g/mol. The van der Waals surface area contributed by atoms with E-state index in [9.17, 15) is 14.7 Å². The fourth-order valence-electron chi connectivity index (χ4n) is 1.97. The van der Waals surface area contributed by atoms with Gasteiger partial charge in [-0.2, -0.15) is 0 Å². The predicted octanol–water partition coefficient (Wildman–Crippen LogP) is 0.525. The largest absolute Gasteiger partial charge is 0.391 e. The fourth-order valence-corrected chi connectivity index (χ4v) is 3.16. The highest BCUT2D eigenvalue weighted by Crippen LogP contribution is 2.22. The monoisotopic (exact) mass is 332 g/mol. The quantitative estimate of drug-likeness (QED) is 0.594. The van der Waals surface area contributed by atoms with Crippen LogP contribution in [0.25, 0.3) is 11.2 Å². The van der Waals surface area contributed by atoms with Crippen molar-refractivity contribution >= 4 is 34.5 Å². The van der Waals surface area contributed by atoms with Crippen LogP contribution in [0.5, 0.6) is 0 Å². The molecular formula is C12H17ClN4O3S. The van der Waals surface area contributed by atoms with Gasteiger partial charge in [0.2, 0.25) is 0 Å². The lowest BCUT2D eigenvalue weighted by Crippen LogP contribution is -2.29. The molecule has 2 rings (SSSR count). The van der Waals surface area contributed by atoms with Crippen LogP contribution in [0.1, 0.15) is 13.3 Å². The van der Waals surface area contributed by atoms with Gasteiger partial charge >= 0.3 is 5.69 Å². The van der Waals surface area contributed by atoms with E-state index in [1.165, 1.54) is 16.3 Å². The van der Waals surface area contributed by atoms with Gasteiger partial charge in [-0.3, -0.25) is 14.3 Å². The Hall–Kier alpha value is -1.25. The molecule has 0 fully saturated rings. The summed E-state index contributed by atoms with van der Waals surface area (Å²) < 4.78 is 3.09. The Labute approximate surface area is 129 Å². The highest BCUT2D eigenvalue weighted by atomic mass is 35.5. The van der Waals surface area contributed by atoms with Crippen molar-refractivity contribution in [2.45, 2.75) is 31.1 Å². The Morgan fingerprint density at radius 2 is 2.19 bits per heavy atom. The number of H-pyrrole nitrogens is 1. The van der Waals surface area contributed by atoms with Crippen molar-refractivity contribution in [1.82, 2.24) is 19.1 Å². The molecule has 0 spiro atoms. The maximum absolute atomic E-state index is 12.0. The van der Waals surface area contributed by atoms with E-state index in [1.807, 2.05) is 6.92 Å². The Kier molecular flexibility index (Phi) is 5.13. The number of nitrogens with zero attached hydrogens (tertiary/aromatic N) is 3. The summed E-state index contributed by atoms with van der Waals surface area (Å²) in [5, 5.41) is 10.2. The van der Waals surface area contributed by atoms with Crippen molar-refractivity contribution in [3.63, 3.8) is 0 Å². The molecule has 0 amide bonds. The van der Waals surface area contributed by atoms with Gasteiger partial charge < -0.3 is 9.67 Å². The van der Waals surface area contributed by atoms with Crippen LogP contribution in [-0.4, -0.2) is 41.9 Å². The summed E-state index contributed by atoms with van der Waals surface area (Å²) in [4.78, 5) is 30.3.